The average molecular weight is 457 g/mol. The van der Waals surface area contributed by atoms with Crippen LogP contribution in [0.4, 0.5) is 0 Å². The minimum absolute atomic E-state index is 0.303. The minimum Gasteiger partial charge on any atom is -0.462 e. The number of fused-ring (bicyclic) bond motifs is 7. The number of benzene rings is 3. The van der Waals surface area contributed by atoms with Crippen molar-refractivity contribution in [2.24, 2.45) is 0 Å². The van der Waals surface area contributed by atoms with E-state index in [0.29, 0.717) is 24.3 Å². The van der Waals surface area contributed by atoms with Gasteiger partial charge in [-0.1, -0.05) is 51.0 Å². The molecule has 0 bridgehead atoms. The molecule has 0 unspecified atom stereocenters. The van der Waals surface area contributed by atoms with Crippen LogP contribution in [0.25, 0.3) is 43.6 Å². The normalized spacial score (nSPS) is 11.6. The van der Waals surface area contributed by atoms with Crippen LogP contribution in [0.5, 0.6) is 0 Å². The molecular weight excluding hydrogens is 428 g/mol. The van der Waals surface area contributed by atoms with Crippen LogP contribution in [0.2, 0.25) is 0 Å². The van der Waals surface area contributed by atoms with Gasteiger partial charge in [-0.2, -0.15) is 0 Å². The predicted octanol–water partition coefficient (Wildman–Crippen LogP) is 6.87. The third-order valence-corrected chi connectivity index (χ3v) is 6.28. The van der Waals surface area contributed by atoms with E-state index >= 15 is 0 Å². The van der Waals surface area contributed by atoms with E-state index in [1.165, 1.54) is 0 Å². The highest BCUT2D eigenvalue weighted by Gasteiger charge is 2.16. The van der Waals surface area contributed by atoms with Gasteiger partial charge in [0.25, 0.3) is 0 Å². The fraction of sp³-hybridized carbons (Fsp3) is 0.286. The van der Waals surface area contributed by atoms with Gasteiger partial charge in [-0.3, -0.25) is 0 Å². The summed E-state index contributed by atoms with van der Waals surface area (Å²) in [5, 5.41) is 4.22. The van der Waals surface area contributed by atoms with E-state index in [-0.39, 0.29) is 11.9 Å². The molecule has 2 N–H and O–H groups in total. The molecule has 5 rings (SSSR count). The first-order valence-corrected chi connectivity index (χ1v) is 11.9. The molecule has 0 amide bonds. The summed E-state index contributed by atoms with van der Waals surface area (Å²) in [4.78, 5) is 31.8. The Hall–Kier alpha value is -3.80. The van der Waals surface area contributed by atoms with Crippen molar-refractivity contribution in [1.29, 1.82) is 0 Å². The zero-order valence-corrected chi connectivity index (χ0v) is 19.5. The smallest absolute Gasteiger partial charge is 0.338 e. The molecule has 174 valence electrons. The number of carbonyl (C=O) groups is 2. The summed E-state index contributed by atoms with van der Waals surface area (Å²) in [5.41, 5.74) is 4.76. The molecule has 5 aromatic rings. The van der Waals surface area contributed by atoms with Crippen molar-refractivity contribution >= 4 is 55.6 Å². The van der Waals surface area contributed by atoms with E-state index in [1.54, 1.807) is 0 Å². The number of unbranched alkanes of at least 4 members (excludes halogenated alkanes) is 2. The van der Waals surface area contributed by atoms with E-state index in [1.807, 2.05) is 36.4 Å². The molecule has 0 atom stereocenters. The summed E-state index contributed by atoms with van der Waals surface area (Å²) in [5.74, 6) is -0.605. The van der Waals surface area contributed by atoms with Crippen LogP contribution in [-0.4, -0.2) is 35.1 Å². The van der Waals surface area contributed by atoms with Gasteiger partial charge in [-0.15, -0.1) is 0 Å². The number of aromatic nitrogens is 2. The van der Waals surface area contributed by atoms with Crippen LogP contribution < -0.4 is 0 Å². The molecule has 0 saturated carbocycles. The van der Waals surface area contributed by atoms with Crippen molar-refractivity contribution in [2.75, 3.05) is 13.2 Å². The van der Waals surface area contributed by atoms with Gasteiger partial charge in [-0.05, 0) is 37.1 Å². The summed E-state index contributed by atoms with van der Waals surface area (Å²) >= 11 is 0. The lowest BCUT2D eigenvalue weighted by Gasteiger charge is -2.03. The van der Waals surface area contributed by atoms with Gasteiger partial charge in [-0.25, -0.2) is 9.59 Å². The van der Waals surface area contributed by atoms with Crippen molar-refractivity contribution < 1.29 is 19.1 Å². The maximum Gasteiger partial charge on any atom is 0.338 e. The van der Waals surface area contributed by atoms with Crippen LogP contribution in [-0.2, 0) is 9.47 Å². The molecule has 6 heteroatoms. The van der Waals surface area contributed by atoms with Crippen LogP contribution in [0, 0.1) is 0 Å². The average Bonchev–Trinajstić information content (AvgIpc) is 3.41. The van der Waals surface area contributed by atoms with Crippen LogP contribution in [0.1, 0.15) is 60.2 Å². The Morgan fingerprint density at radius 1 is 0.647 bits per heavy atom. The number of hydrogen-bond acceptors (Lipinski definition) is 4. The van der Waals surface area contributed by atoms with Gasteiger partial charge in [0.05, 0.1) is 35.4 Å². The van der Waals surface area contributed by atoms with Crippen LogP contribution >= 0.6 is 0 Å². The molecule has 0 saturated heterocycles. The standard InChI is InChI=1S/C28H28N2O4/c1-3-5-13-33-27(31)17-7-9-19-21-11-12-22-20-10-8-18(28(32)34-14-6-4-2)16-24(20)30-26(22)25(21)29-23(19)15-17/h7-12,15-16,29-30H,3-6,13-14H2,1-2H3. The van der Waals surface area contributed by atoms with Gasteiger partial charge < -0.3 is 19.4 Å². The Labute approximate surface area is 197 Å². The first-order chi connectivity index (χ1) is 16.6. The van der Waals surface area contributed by atoms with Gasteiger partial charge in [0.1, 0.15) is 0 Å². The summed E-state index contributed by atoms with van der Waals surface area (Å²) in [6, 6.07) is 15.4. The Bertz CT molecular complexity index is 1410. The second-order valence-electron chi connectivity index (χ2n) is 8.66. The Morgan fingerprint density at radius 3 is 1.47 bits per heavy atom. The van der Waals surface area contributed by atoms with Gasteiger partial charge in [0.15, 0.2) is 0 Å². The Morgan fingerprint density at radius 2 is 1.06 bits per heavy atom. The first kappa shape index (κ1) is 22.0. The molecule has 6 nitrogen and oxygen atoms in total. The van der Waals surface area contributed by atoms with Gasteiger partial charge in [0, 0.05) is 32.6 Å². The number of carbonyl (C=O) groups excluding carboxylic acids is 2. The molecule has 0 radical (unpaired) electrons. The van der Waals surface area contributed by atoms with Crippen molar-refractivity contribution in [2.45, 2.75) is 39.5 Å². The Balaban J connectivity index is 1.54. The van der Waals surface area contributed by atoms with Crippen LogP contribution in [0.3, 0.4) is 0 Å². The van der Waals surface area contributed by atoms with E-state index < -0.39 is 0 Å². The fourth-order valence-electron chi connectivity index (χ4n) is 4.38. The quantitative estimate of drug-likeness (QED) is 0.197. The maximum atomic E-state index is 12.4. The summed E-state index contributed by atoms with van der Waals surface area (Å²) in [6.07, 6.45) is 3.68. The number of rotatable bonds is 8. The lowest BCUT2D eigenvalue weighted by Crippen LogP contribution is -2.06. The number of ether oxygens (including phenoxy) is 2. The van der Waals surface area contributed by atoms with Gasteiger partial charge >= 0.3 is 11.9 Å². The van der Waals surface area contributed by atoms with Crippen molar-refractivity contribution in [3.8, 4) is 0 Å². The predicted molar refractivity (Wildman–Crippen MR) is 136 cm³/mol. The molecule has 0 spiro atoms. The summed E-state index contributed by atoms with van der Waals surface area (Å²) in [7, 11) is 0. The number of esters is 2. The third kappa shape index (κ3) is 3.89. The van der Waals surface area contributed by atoms with Crippen molar-refractivity contribution in [3.05, 3.63) is 59.7 Å². The molecule has 2 heterocycles. The number of aromatic amines is 2. The fourth-order valence-corrected chi connectivity index (χ4v) is 4.38. The lowest BCUT2D eigenvalue weighted by molar-refractivity contribution is 0.0490. The molecule has 3 aromatic carbocycles. The van der Waals surface area contributed by atoms with Crippen LogP contribution in [0.15, 0.2) is 48.5 Å². The number of hydrogen-bond donors (Lipinski definition) is 2. The minimum atomic E-state index is -0.303. The second kappa shape index (κ2) is 9.21. The zero-order valence-electron chi connectivity index (χ0n) is 19.5. The molecule has 34 heavy (non-hydrogen) atoms. The molecule has 0 aliphatic heterocycles. The largest absolute Gasteiger partial charge is 0.462 e. The van der Waals surface area contributed by atoms with E-state index in [4.69, 9.17) is 9.47 Å². The molecular formula is C28H28N2O4. The molecule has 2 aromatic heterocycles. The van der Waals surface area contributed by atoms with E-state index in [0.717, 1.165) is 69.3 Å². The molecule has 0 fully saturated rings. The van der Waals surface area contributed by atoms with Crippen molar-refractivity contribution in [3.63, 3.8) is 0 Å². The SMILES string of the molecule is CCCCOC(=O)c1ccc2c(c1)[nH]c1c2ccc2c3ccc(C(=O)OCCCC)cc3[nH]c21. The highest BCUT2D eigenvalue weighted by molar-refractivity contribution is 6.22. The Kier molecular flexibility index (Phi) is 5.97. The highest BCUT2D eigenvalue weighted by Crippen LogP contribution is 2.35. The van der Waals surface area contributed by atoms with E-state index in [2.05, 4.69) is 35.9 Å². The van der Waals surface area contributed by atoms with Crippen molar-refractivity contribution in [1.82, 2.24) is 9.97 Å². The summed E-state index contributed by atoms with van der Waals surface area (Å²) < 4.78 is 10.7. The number of nitrogens with one attached hydrogen (secondary N) is 2. The third-order valence-electron chi connectivity index (χ3n) is 6.28. The van der Waals surface area contributed by atoms with E-state index in [9.17, 15) is 9.59 Å². The lowest BCUT2D eigenvalue weighted by atomic mass is 10.1. The zero-order chi connectivity index (χ0) is 23.7. The monoisotopic (exact) mass is 456 g/mol. The molecule has 0 aliphatic carbocycles. The maximum absolute atomic E-state index is 12.4. The first-order valence-electron chi connectivity index (χ1n) is 11.9. The second-order valence-corrected chi connectivity index (χ2v) is 8.66. The molecule has 0 aliphatic rings. The number of H-pyrrole nitrogens is 2. The summed E-state index contributed by atoms with van der Waals surface area (Å²) in [6.45, 7) is 5.00. The topological polar surface area (TPSA) is 84.2 Å². The van der Waals surface area contributed by atoms with Gasteiger partial charge in [0.2, 0.25) is 0 Å². The highest BCUT2D eigenvalue weighted by atomic mass is 16.5.